The van der Waals surface area contributed by atoms with Gasteiger partial charge in [-0.2, -0.15) is 0 Å². The van der Waals surface area contributed by atoms with Gasteiger partial charge >= 0.3 is 0 Å². The molecule has 0 fully saturated rings. The molecule has 1 aromatic carbocycles. The maximum Gasteiger partial charge on any atom is 0.238 e. The fourth-order valence-corrected chi connectivity index (χ4v) is 1.45. The summed E-state index contributed by atoms with van der Waals surface area (Å²) in [5.74, 6) is 0.649. The normalized spacial score (nSPS) is 11.2. The molecule has 0 radical (unpaired) electrons. The highest BCUT2D eigenvalue weighted by atomic mass is 16.5. The fourth-order valence-electron chi connectivity index (χ4n) is 1.45. The summed E-state index contributed by atoms with van der Waals surface area (Å²) in [7, 11) is 0. The van der Waals surface area contributed by atoms with Crippen molar-refractivity contribution in [2.75, 3.05) is 18.5 Å². The molecule has 1 rings (SSSR count). The zero-order valence-electron chi connectivity index (χ0n) is 12.2. The van der Waals surface area contributed by atoms with Crippen LogP contribution in [0.2, 0.25) is 0 Å². The van der Waals surface area contributed by atoms with E-state index in [1.165, 1.54) is 0 Å². The Bertz CT molecular complexity index is 411. The Labute approximate surface area is 115 Å². The minimum atomic E-state index is -0.0738. The van der Waals surface area contributed by atoms with Gasteiger partial charge in [-0.25, -0.2) is 0 Å². The third-order valence-electron chi connectivity index (χ3n) is 2.40. The van der Waals surface area contributed by atoms with Gasteiger partial charge in [0.1, 0.15) is 5.75 Å². The van der Waals surface area contributed by atoms with E-state index in [0.29, 0.717) is 12.4 Å². The molecule has 0 atom stereocenters. The number of hydrogen-bond donors (Lipinski definition) is 2. The van der Waals surface area contributed by atoms with E-state index in [2.05, 4.69) is 17.6 Å². The summed E-state index contributed by atoms with van der Waals surface area (Å²) >= 11 is 0. The average molecular weight is 264 g/mol. The Balaban J connectivity index is 2.58. The largest absolute Gasteiger partial charge is 0.491 e. The van der Waals surface area contributed by atoms with Crippen LogP contribution in [0.1, 0.15) is 34.1 Å². The van der Waals surface area contributed by atoms with Crippen molar-refractivity contribution >= 4 is 11.6 Å². The highest BCUT2D eigenvalue weighted by Gasteiger charge is 2.12. The minimum Gasteiger partial charge on any atom is -0.491 e. The summed E-state index contributed by atoms with van der Waals surface area (Å²) < 4.78 is 5.60. The van der Waals surface area contributed by atoms with Gasteiger partial charge in [0.15, 0.2) is 0 Å². The zero-order valence-corrected chi connectivity index (χ0v) is 12.2. The molecule has 0 unspecified atom stereocenters. The number of rotatable bonds is 6. The van der Waals surface area contributed by atoms with Gasteiger partial charge < -0.3 is 15.4 Å². The molecule has 1 aromatic rings. The first kappa shape index (κ1) is 15.5. The number of nitrogens with one attached hydrogen (secondary N) is 2. The molecule has 4 heteroatoms. The molecule has 19 heavy (non-hydrogen) atoms. The Morgan fingerprint density at radius 3 is 2.58 bits per heavy atom. The topological polar surface area (TPSA) is 50.4 Å². The Morgan fingerprint density at radius 2 is 1.95 bits per heavy atom. The number of para-hydroxylation sites is 2. The molecule has 0 aliphatic carbocycles. The van der Waals surface area contributed by atoms with E-state index in [1.807, 2.05) is 45.0 Å². The molecule has 0 aliphatic heterocycles. The molecule has 0 aromatic heterocycles. The van der Waals surface area contributed by atoms with Gasteiger partial charge in [-0.05, 0) is 39.3 Å². The summed E-state index contributed by atoms with van der Waals surface area (Å²) in [5.41, 5.74) is 0.645. The van der Waals surface area contributed by atoms with Crippen molar-refractivity contribution in [1.82, 2.24) is 5.32 Å². The second kappa shape index (κ2) is 7.14. The lowest BCUT2D eigenvalue weighted by Gasteiger charge is -2.20. The van der Waals surface area contributed by atoms with Crippen LogP contribution >= 0.6 is 0 Å². The molecule has 0 saturated heterocycles. The number of anilines is 1. The number of benzene rings is 1. The molecular weight excluding hydrogens is 240 g/mol. The third kappa shape index (κ3) is 6.25. The van der Waals surface area contributed by atoms with E-state index >= 15 is 0 Å². The van der Waals surface area contributed by atoms with Crippen LogP contribution in [-0.2, 0) is 4.79 Å². The van der Waals surface area contributed by atoms with E-state index in [-0.39, 0.29) is 18.0 Å². The van der Waals surface area contributed by atoms with Gasteiger partial charge in [-0.1, -0.05) is 19.1 Å². The van der Waals surface area contributed by atoms with E-state index in [4.69, 9.17) is 4.74 Å². The first-order chi connectivity index (χ1) is 8.92. The Kier molecular flexibility index (Phi) is 5.83. The van der Waals surface area contributed by atoms with Crippen molar-refractivity contribution in [1.29, 1.82) is 0 Å². The van der Waals surface area contributed by atoms with Gasteiger partial charge in [-0.3, -0.25) is 4.79 Å². The quantitative estimate of drug-likeness (QED) is 0.830. The van der Waals surface area contributed by atoms with Gasteiger partial charge in [0.2, 0.25) is 5.91 Å². The molecule has 0 heterocycles. The molecule has 0 aliphatic rings. The lowest BCUT2D eigenvalue weighted by Crippen LogP contribution is -2.41. The van der Waals surface area contributed by atoms with Crippen LogP contribution in [0.25, 0.3) is 0 Å². The van der Waals surface area contributed by atoms with Gasteiger partial charge in [0.05, 0.1) is 18.8 Å². The number of ether oxygens (including phenoxy) is 1. The van der Waals surface area contributed by atoms with E-state index in [0.717, 1.165) is 12.1 Å². The van der Waals surface area contributed by atoms with Crippen LogP contribution in [0.5, 0.6) is 5.75 Å². The zero-order chi connectivity index (χ0) is 14.3. The van der Waals surface area contributed by atoms with Crippen molar-refractivity contribution in [3.05, 3.63) is 24.3 Å². The van der Waals surface area contributed by atoms with Crippen LogP contribution in [-0.4, -0.2) is 24.6 Å². The van der Waals surface area contributed by atoms with Crippen molar-refractivity contribution < 1.29 is 9.53 Å². The molecule has 0 spiro atoms. The smallest absolute Gasteiger partial charge is 0.238 e. The lowest BCUT2D eigenvalue weighted by molar-refractivity contribution is -0.115. The number of carbonyl (C=O) groups is 1. The number of hydrogen-bond acceptors (Lipinski definition) is 3. The number of amides is 1. The van der Waals surface area contributed by atoms with E-state index < -0.39 is 0 Å². The Hall–Kier alpha value is -1.55. The molecule has 106 valence electrons. The van der Waals surface area contributed by atoms with Gasteiger partial charge in [0, 0.05) is 5.54 Å². The lowest BCUT2D eigenvalue weighted by atomic mass is 10.1. The van der Waals surface area contributed by atoms with Crippen molar-refractivity contribution in [3.8, 4) is 5.75 Å². The standard InChI is InChI=1S/C15H24N2O2/c1-5-10-19-13-9-7-6-8-12(13)17-14(18)11-16-15(2,3)4/h6-9,16H,5,10-11H2,1-4H3,(H,17,18). The summed E-state index contributed by atoms with van der Waals surface area (Å²) in [6.07, 6.45) is 0.938. The molecule has 1 amide bonds. The minimum absolute atomic E-state index is 0.0672. The van der Waals surface area contributed by atoms with Crippen molar-refractivity contribution in [2.24, 2.45) is 0 Å². The first-order valence-corrected chi connectivity index (χ1v) is 6.69. The maximum atomic E-state index is 11.9. The summed E-state index contributed by atoms with van der Waals surface area (Å²) in [6, 6.07) is 7.49. The Morgan fingerprint density at radius 1 is 1.26 bits per heavy atom. The first-order valence-electron chi connectivity index (χ1n) is 6.69. The van der Waals surface area contributed by atoms with E-state index in [1.54, 1.807) is 0 Å². The predicted octanol–water partition coefficient (Wildman–Crippen LogP) is 2.80. The van der Waals surface area contributed by atoms with Crippen LogP contribution < -0.4 is 15.4 Å². The summed E-state index contributed by atoms with van der Waals surface area (Å²) in [5, 5.41) is 6.02. The third-order valence-corrected chi connectivity index (χ3v) is 2.40. The van der Waals surface area contributed by atoms with E-state index in [9.17, 15) is 4.79 Å². The van der Waals surface area contributed by atoms with Crippen LogP contribution in [0.15, 0.2) is 24.3 Å². The molecule has 0 bridgehead atoms. The molecule has 4 nitrogen and oxygen atoms in total. The summed E-state index contributed by atoms with van der Waals surface area (Å²) in [4.78, 5) is 11.9. The SMILES string of the molecule is CCCOc1ccccc1NC(=O)CNC(C)(C)C. The predicted molar refractivity (Wildman–Crippen MR) is 78.6 cm³/mol. The monoisotopic (exact) mass is 264 g/mol. The highest BCUT2D eigenvalue weighted by Crippen LogP contribution is 2.23. The summed E-state index contributed by atoms with van der Waals surface area (Å²) in [6.45, 7) is 9.06. The molecule has 0 saturated carbocycles. The van der Waals surface area contributed by atoms with Gasteiger partial charge in [-0.15, -0.1) is 0 Å². The average Bonchev–Trinajstić information content (AvgIpc) is 2.34. The van der Waals surface area contributed by atoms with Crippen molar-refractivity contribution in [2.45, 2.75) is 39.7 Å². The van der Waals surface area contributed by atoms with Crippen LogP contribution in [0.4, 0.5) is 5.69 Å². The van der Waals surface area contributed by atoms with Crippen molar-refractivity contribution in [3.63, 3.8) is 0 Å². The van der Waals surface area contributed by atoms with Gasteiger partial charge in [0.25, 0.3) is 0 Å². The highest BCUT2D eigenvalue weighted by molar-refractivity contribution is 5.93. The second-order valence-corrected chi connectivity index (χ2v) is 5.50. The second-order valence-electron chi connectivity index (χ2n) is 5.50. The number of carbonyl (C=O) groups excluding carboxylic acids is 1. The molecule has 2 N–H and O–H groups in total. The fraction of sp³-hybridized carbons (Fsp3) is 0.533. The van der Waals surface area contributed by atoms with Crippen LogP contribution in [0, 0.1) is 0 Å². The molecular formula is C15H24N2O2. The maximum absolute atomic E-state index is 11.9. The van der Waals surface area contributed by atoms with Crippen LogP contribution in [0.3, 0.4) is 0 Å².